The monoisotopic (exact) mass is 440 g/mol. The van der Waals surface area contributed by atoms with E-state index in [-0.39, 0.29) is 5.82 Å². The van der Waals surface area contributed by atoms with Gasteiger partial charge in [0.2, 0.25) is 4.80 Å². The second kappa shape index (κ2) is 8.77. The van der Waals surface area contributed by atoms with Gasteiger partial charge in [0.25, 0.3) is 0 Å². The molecule has 32 heavy (non-hydrogen) atoms. The smallest absolute Gasteiger partial charge is 0.206 e. The van der Waals surface area contributed by atoms with E-state index in [1.165, 1.54) is 23.5 Å². The summed E-state index contributed by atoms with van der Waals surface area (Å²) in [5.74, 6) is -0.262. The van der Waals surface area contributed by atoms with Gasteiger partial charge < -0.3 is 4.98 Å². The number of H-pyrrole nitrogens is 1. The molecule has 0 aliphatic rings. The van der Waals surface area contributed by atoms with Crippen molar-refractivity contribution in [3.05, 3.63) is 112 Å². The van der Waals surface area contributed by atoms with Crippen molar-refractivity contribution in [1.29, 1.82) is 0 Å². The molecule has 0 saturated heterocycles. The summed E-state index contributed by atoms with van der Waals surface area (Å²) in [5, 5.41) is 7.96. The van der Waals surface area contributed by atoms with Crippen molar-refractivity contribution in [2.75, 3.05) is 0 Å². The third kappa shape index (κ3) is 4.05. The Morgan fingerprint density at radius 3 is 2.53 bits per heavy atom. The number of benzene rings is 3. The summed E-state index contributed by atoms with van der Waals surface area (Å²) in [6, 6.07) is 24.8. The first-order chi connectivity index (χ1) is 15.7. The first-order valence-electron chi connectivity index (χ1n) is 10.3. The van der Waals surface area contributed by atoms with Gasteiger partial charge in [0, 0.05) is 33.1 Å². The minimum absolute atomic E-state index is 0.262. The largest absolute Gasteiger partial charge is 0.358 e. The normalized spacial score (nSPS) is 12.2. The zero-order valence-electron chi connectivity index (χ0n) is 17.5. The number of thiazole rings is 1. The molecule has 0 bridgehead atoms. The van der Waals surface area contributed by atoms with Gasteiger partial charge >= 0.3 is 0 Å². The lowest BCUT2D eigenvalue weighted by Gasteiger charge is -2.04. The van der Waals surface area contributed by atoms with Crippen LogP contribution >= 0.6 is 11.3 Å². The van der Waals surface area contributed by atoms with E-state index in [9.17, 15) is 4.39 Å². The van der Waals surface area contributed by atoms with Crippen molar-refractivity contribution in [2.45, 2.75) is 13.5 Å². The fourth-order valence-electron chi connectivity index (χ4n) is 3.66. The molecule has 5 aromatic rings. The summed E-state index contributed by atoms with van der Waals surface area (Å²) >= 11 is 1.52. The summed E-state index contributed by atoms with van der Waals surface area (Å²) in [6.45, 7) is 2.60. The highest BCUT2D eigenvalue weighted by molar-refractivity contribution is 7.07. The van der Waals surface area contributed by atoms with E-state index in [0.717, 1.165) is 43.8 Å². The molecule has 0 aliphatic heterocycles. The van der Waals surface area contributed by atoms with Gasteiger partial charge in [-0.25, -0.2) is 9.07 Å². The minimum Gasteiger partial charge on any atom is -0.358 e. The van der Waals surface area contributed by atoms with E-state index in [4.69, 9.17) is 10.1 Å². The number of para-hydroxylation sites is 1. The highest BCUT2D eigenvalue weighted by Gasteiger charge is 2.10. The molecule has 4 nitrogen and oxygen atoms in total. The molecule has 6 heteroatoms. The highest BCUT2D eigenvalue weighted by Crippen LogP contribution is 2.22. The van der Waals surface area contributed by atoms with E-state index < -0.39 is 0 Å². The number of aromatic amines is 1. The molecule has 2 heterocycles. The van der Waals surface area contributed by atoms with Gasteiger partial charge in [-0.3, -0.25) is 4.99 Å². The van der Waals surface area contributed by atoms with Crippen LogP contribution in [0.1, 0.15) is 16.8 Å². The molecular weight excluding hydrogens is 419 g/mol. The van der Waals surface area contributed by atoms with Crippen LogP contribution < -0.4 is 4.80 Å². The quantitative estimate of drug-likeness (QED) is 0.320. The molecule has 158 valence electrons. The SMILES string of the molecule is Cc1[nH]c2ccccc2c1/C=N/n1c(-c2ccc(F)cc2)csc1=NCc1ccccc1. The van der Waals surface area contributed by atoms with Crippen LogP contribution in [0.4, 0.5) is 4.39 Å². The lowest BCUT2D eigenvalue weighted by atomic mass is 10.1. The van der Waals surface area contributed by atoms with Gasteiger partial charge in [0.1, 0.15) is 5.82 Å². The Hall–Kier alpha value is -3.77. The molecular formula is C26H21FN4S. The number of aryl methyl sites for hydroxylation is 1. The molecule has 0 atom stereocenters. The number of fused-ring (bicyclic) bond motifs is 1. The average molecular weight is 441 g/mol. The molecule has 0 amide bonds. The molecule has 0 saturated carbocycles. The number of rotatable bonds is 5. The van der Waals surface area contributed by atoms with Crippen LogP contribution in [0.2, 0.25) is 0 Å². The molecule has 0 fully saturated rings. The van der Waals surface area contributed by atoms with E-state index in [1.54, 1.807) is 12.1 Å². The zero-order valence-corrected chi connectivity index (χ0v) is 18.3. The lowest BCUT2D eigenvalue weighted by Crippen LogP contribution is -2.12. The van der Waals surface area contributed by atoms with E-state index in [1.807, 2.05) is 53.5 Å². The van der Waals surface area contributed by atoms with Crippen molar-refractivity contribution < 1.29 is 4.39 Å². The number of hydrogen-bond donors (Lipinski definition) is 1. The number of nitrogens with one attached hydrogen (secondary N) is 1. The molecule has 0 spiro atoms. The van der Waals surface area contributed by atoms with Crippen LogP contribution in [0.15, 0.2) is 94.3 Å². The first kappa shape index (κ1) is 20.2. The zero-order chi connectivity index (χ0) is 21.9. The summed E-state index contributed by atoms with van der Waals surface area (Å²) in [4.78, 5) is 9.00. The van der Waals surface area contributed by atoms with Crippen LogP contribution in [0.5, 0.6) is 0 Å². The van der Waals surface area contributed by atoms with Crippen molar-refractivity contribution in [3.63, 3.8) is 0 Å². The molecule has 2 aromatic heterocycles. The molecule has 1 N–H and O–H groups in total. The Morgan fingerprint density at radius 1 is 0.969 bits per heavy atom. The summed E-state index contributed by atoms with van der Waals surface area (Å²) in [7, 11) is 0. The lowest BCUT2D eigenvalue weighted by molar-refractivity contribution is 0.628. The maximum absolute atomic E-state index is 13.5. The summed E-state index contributed by atoms with van der Waals surface area (Å²) < 4.78 is 15.3. The van der Waals surface area contributed by atoms with Gasteiger partial charge in [0.15, 0.2) is 0 Å². The topological polar surface area (TPSA) is 45.4 Å². The van der Waals surface area contributed by atoms with Crippen LogP contribution in [0.3, 0.4) is 0 Å². The van der Waals surface area contributed by atoms with E-state index >= 15 is 0 Å². The maximum atomic E-state index is 13.5. The fraction of sp³-hybridized carbons (Fsp3) is 0.0769. The minimum atomic E-state index is -0.262. The maximum Gasteiger partial charge on any atom is 0.206 e. The number of nitrogens with zero attached hydrogens (tertiary/aromatic N) is 3. The Balaban J connectivity index is 1.61. The highest BCUT2D eigenvalue weighted by atomic mass is 32.1. The van der Waals surface area contributed by atoms with Gasteiger partial charge in [-0.15, -0.1) is 11.3 Å². The predicted octanol–water partition coefficient (Wildman–Crippen LogP) is 6.13. The van der Waals surface area contributed by atoms with Crippen LogP contribution in [0, 0.1) is 12.7 Å². The third-order valence-corrected chi connectivity index (χ3v) is 6.16. The molecule has 0 radical (unpaired) electrons. The molecule has 0 unspecified atom stereocenters. The second-order valence-corrected chi connectivity index (χ2v) is 8.31. The average Bonchev–Trinajstić information content (AvgIpc) is 3.37. The Bertz CT molecular complexity index is 1460. The Kier molecular flexibility index (Phi) is 5.52. The predicted molar refractivity (Wildman–Crippen MR) is 129 cm³/mol. The van der Waals surface area contributed by atoms with E-state index in [0.29, 0.717) is 6.54 Å². The number of aromatic nitrogens is 2. The van der Waals surface area contributed by atoms with Gasteiger partial charge in [-0.1, -0.05) is 48.5 Å². The number of halogens is 1. The van der Waals surface area contributed by atoms with Crippen LogP contribution in [0.25, 0.3) is 22.2 Å². The van der Waals surface area contributed by atoms with Crippen LogP contribution in [-0.2, 0) is 6.54 Å². The van der Waals surface area contributed by atoms with Gasteiger partial charge in [0.05, 0.1) is 18.5 Å². The van der Waals surface area contributed by atoms with Gasteiger partial charge in [-0.05, 0) is 42.8 Å². The Morgan fingerprint density at radius 2 is 1.72 bits per heavy atom. The van der Waals surface area contributed by atoms with Crippen LogP contribution in [-0.4, -0.2) is 15.9 Å². The molecule has 5 rings (SSSR count). The molecule has 0 aliphatic carbocycles. The third-order valence-electron chi connectivity index (χ3n) is 5.31. The second-order valence-electron chi connectivity index (χ2n) is 7.48. The number of hydrogen-bond acceptors (Lipinski definition) is 3. The standard InChI is InChI=1S/C26H21FN4S/c1-18-23(22-9-5-6-10-24(22)30-18)16-29-31-25(20-11-13-21(27)14-12-20)17-32-26(31)28-15-19-7-3-2-4-8-19/h2-14,16-17,30H,15H2,1H3/b28-26?,29-16+. The van der Waals surface area contributed by atoms with E-state index in [2.05, 4.69) is 29.2 Å². The Labute approximate surface area is 189 Å². The molecule has 3 aromatic carbocycles. The summed E-state index contributed by atoms with van der Waals surface area (Å²) in [5.41, 5.74) is 6.06. The van der Waals surface area contributed by atoms with Crippen molar-refractivity contribution in [1.82, 2.24) is 9.66 Å². The van der Waals surface area contributed by atoms with Gasteiger partial charge in [-0.2, -0.15) is 5.10 Å². The fourth-order valence-corrected chi connectivity index (χ4v) is 4.50. The van der Waals surface area contributed by atoms with Crippen molar-refractivity contribution in [2.24, 2.45) is 10.1 Å². The first-order valence-corrected chi connectivity index (χ1v) is 11.2. The van der Waals surface area contributed by atoms with Crippen molar-refractivity contribution >= 4 is 28.5 Å². The van der Waals surface area contributed by atoms with Crippen molar-refractivity contribution in [3.8, 4) is 11.3 Å². The summed E-state index contributed by atoms with van der Waals surface area (Å²) in [6.07, 6.45) is 1.87.